The van der Waals surface area contributed by atoms with E-state index in [4.69, 9.17) is 21.6 Å². The molecule has 2 aromatic rings. The van der Waals surface area contributed by atoms with Gasteiger partial charge in [-0.25, -0.2) is 0 Å². The Morgan fingerprint density at radius 2 is 1.74 bits per heavy atom. The average molecular weight is 385 g/mol. The number of hydrogen-bond acceptors (Lipinski definition) is 4. The van der Waals surface area contributed by atoms with Gasteiger partial charge < -0.3 is 4.74 Å². The average Bonchev–Trinajstić information content (AvgIpc) is 2.66. The number of para-hydroxylation sites is 1. The molecule has 0 radical (unpaired) electrons. The summed E-state index contributed by atoms with van der Waals surface area (Å²) in [5.41, 5.74) is 1.36. The summed E-state index contributed by atoms with van der Waals surface area (Å²) in [6.07, 6.45) is 0. The fourth-order valence-corrected chi connectivity index (χ4v) is 2.89. The molecule has 0 N–H and O–H groups in total. The van der Waals surface area contributed by atoms with Crippen LogP contribution < -0.4 is 4.90 Å². The predicted octanol–water partition coefficient (Wildman–Crippen LogP) is 4.18. The van der Waals surface area contributed by atoms with Crippen molar-refractivity contribution in [3.05, 3.63) is 65.2 Å². The summed E-state index contributed by atoms with van der Waals surface area (Å²) in [6, 6.07) is 17.8. The van der Waals surface area contributed by atoms with Crippen LogP contribution >= 0.6 is 11.6 Å². The highest BCUT2D eigenvalue weighted by atomic mass is 35.5. The number of amides is 1. The molecular formula is C21H21ClN2O3. The van der Waals surface area contributed by atoms with Crippen molar-refractivity contribution in [1.82, 2.24) is 0 Å². The number of ether oxygens (including phenoxy) is 1. The van der Waals surface area contributed by atoms with E-state index in [1.807, 2.05) is 26.0 Å². The number of esters is 1. The predicted molar refractivity (Wildman–Crippen MR) is 104 cm³/mol. The van der Waals surface area contributed by atoms with Crippen molar-refractivity contribution >= 4 is 29.2 Å². The number of benzene rings is 2. The Bertz CT molecular complexity index is 814. The first-order valence-electron chi connectivity index (χ1n) is 8.58. The van der Waals surface area contributed by atoms with E-state index < -0.39 is 24.4 Å². The van der Waals surface area contributed by atoms with E-state index in [0.717, 1.165) is 5.56 Å². The molecule has 0 fully saturated rings. The molecule has 1 atom stereocenters. The van der Waals surface area contributed by atoms with Crippen LogP contribution in [0.25, 0.3) is 0 Å². The largest absolute Gasteiger partial charge is 0.455 e. The lowest BCUT2D eigenvalue weighted by molar-refractivity contribution is -0.150. The fraction of sp³-hybridized carbons (Fsp3) is 0.286. The number of nitriles is 1. The molecule has 0 spiro atoms. The number of nitrogens with zero attached hydrogens (tertiary/aromatic N) is 2. The van der Waals surface area contributed by atoms with Gasteiger partial charge in [0.15, 0.2) is 6.61 Å². The minimum absolute atomic E-state index is 0.0156. The summed E-state index contributed by atoms with van der Waals surface area (Å²) in [6.45, 7) is 3.28. The van der Waals surface area contributed by atoms with Crippen molar-refractivity contribution in [2.75, 3.05) is 18.1 Å². The molecule has 0 aliphatic carbocycles. The third kappa shape index (κ3) is 5.57. The van der Waals surface area contributed by atoms with Gasteiger partial charge in [0, 0.05) is 10.7 Å². The van der Waals surface area contributed by atoms with Crippen LogP contribution in [-0.4, -0.2) is 25.0 Å². The molecule has 0 heterocycles. The summed E-state index contributed by atoms with van der Waals surface area (Å²) in [5, 5.41) is 9.58. The van der Waals surface area contributed by atoms with Gasteiger partial charge in [0.2, 0.25) is 0 Å². The van der Waals surface area contributed by atoms with E-state index in [0.29, 0.717) is 10.7 Å². The van der Waals surface area contributed by atoms with Crippen LogP contribution in [0.2, 0.25) is 5.02 Å². The second-order valence-corrected chi connectivity index (χ2v) is 6.79. The third-order valence-corrected chi connectivity index (χ3v) is 4.34. The number of anilines is 1. The fourth-order valence-electron chi connectivity index (χ4n) is 2.77. The van der Waals surface area contributed by atoms with Gasteiger partial charge in [-0.3, -0.25) is 14.5 Å². The summed E-state index contributed by atoms with van der Waals surface area (Å²) in [7, 11) is 0. The Balaban J connectivity index is 2.08. The minimum atomic E-state index is -0.504. The maximum absolute atomic E-state index is 12.6. The molecule has 0 unspecified atom stereocenters. The Kier molecular flexibility index (Phi) is 7.39. The highest BCUT2D eigenvalue weighted by Crippen LogP contribution is 2.27. The lowest BCUT2D eigenvalue weighted by Gasteiger charge is -2.22. The molecule has 0 saturated carbocycles. The molecule has 27 heavy (non-hydrogen) atoms. The molecule has 0 saturated heterocycles. The zero-order valence-electron chi connectivity index (χ0n) is 15.3. The summed E-state index contributed by atoms with van der Waals surface area (Å²) in [4.78, 5) is 26.4. The number of rotatable bonds is 7. The minimum Gasteiger partial charge on any atom is -0.455 e. The van der Waals surface area contributed by atoms with Crippen LogP contribution in [-0.2, 0) is 14.3 Å². The van der Waals surface area contributed by atoms with E-state index in [9.17, 15) is 9.59 Å². The molecule has 0 aliphatic rings. The Morgan fingerprint density at radius 1 is 1.11 bits per heavy atom. The Labute approximate surface area is 164 Å². The Morgan fingerprint density at radius 3 is 2.30 bits per heavy atom. The molecule has 1 amide bonds. The van der Waals surface area contributed by atoms with Crippen molar-refractivity contribution in [2.45, 2.75) is 19.8 Å². The van der Waals surface area contributed by atoms with E-state index in [2.05, 4.69) is 0 Å². The van der Waals surface area contributed by atoms with Crippen LogP contribution in [0.4, 0.5) is 5.69 Å². The molecule has 2 aromatic carbocycles. The van der Waals surface area contributed by atoms with Crippen molar-refractivity contribution in [1.29, 1.82) is 5.26 Å². The van der Waals surface area contributed by atoms with Crippen LogP contribution in [0, 0.1) is 17.2 Å². The normalized spacial score (nSPS) is 11.5. The van der Waals surface area contributed by atoms with E-state index in [-0.39, 0.29) is 12.5 Å². The maximum atomic E-state index is 12.6. The number of carbonyl (C=O) groups excluding carboxylic acids is 2. The van der Waals surface area contributed by atoms with Gasteiger partial charge in [0.05, 0.1) is 12.0 Å². The molecule has 6 heteroatoms. The molecule has 0 bridgehead atoms. The first-order valence-corrected chi connectivity index (χ1v) is 8.96. The molecule has 2 rings (SSSR count). The number of hydrogen-bond donors (Lipinski definition) is 0. The van der Waals surface area contributed by atoms with Gasteiger partial charge in [0.1, 0.15) is 6.54 Å². The van der Waals surface area contributed by atoms with Gasteiger partial charge in [-0.1, -0.05) is 55.8 Å². The SMILES string of the molecule is CC(C)[C@@H](C(=O)OCC(=O)N(CC#N)c1ccccc1)c1ccc(Cl)cc1. The summed E-state index contributed by atoms with van der Waals surface area (Å²) in [5.74, 6) is -1.45. The maximum Gasteiger partial charge on any atom is 0.314 e. The second kappa shape index (κ2) is 9.75. The van der Waals surface area contributed by atoms with Gasteiger partial charge >= 0.3 is 5.97 Å². The highest BCUT2D eigenvalue weighted by molar-refractivity contribution is 6.30. The quantitative estimate of drug-likeness (QED) is 0.530. The summed E-state index contributed by atoms with van der Waals surface area (Å²) >= 11 is 5.91. The lowest BCUT2D eigenvalue weighted by atomic mass is 9.88. The van der Waals surface area contributed by atoms with Gasteiger partial charge in [-0.15, -0.1) is 0 Å². The van der Waals surface area contributed by atoms with Gasteiger partial charge in [0.25, 0.3) is 5.91 Å². The number of halogens is 1. The molecular weight excluding hydrogens is 364 g/mol. The molecule has 0 aliphatic heterocycles. The molecule has 0 aromatic heterocycles. The monoisotopic (exact) mass is 384 g/mol. The first-order chi connectivity index (χ1) is 12.9. The molecule has 140 valence electrons. The van der Waals surface area contributed by atoms with Crippen molar-refractivity contribution in [3.63, 3.8) is 0 Å². The van der Waals surface area contributed by atoms with Crippen molar-refractivity contribution in [3.8, 4) is 6.07 Å². The third-order valence-electron chi connectivity index (χ3n) is 4.09. The summed E-state index contributed by atoms with van der Waals surface area (Å²) < 4.78 is 5.29. The Hall–Kier alpha value is -2.84. The van der Waals surface area contributed by atoms with Crippen LogP contribution in [0.5, 0.6) is 0 Å². The number of carbonyl (C=O) groups is 2. The molecule has 5 nitrogen and oxygen atoms in total. The van der Waals surface area contributed by atoms with Gasteiger partial charge in [-0.2, -0.15) is 5.26 Å². The zero-order valence-corrected chi connectivity index (χ0v) is 16.0. The highest BCUT2D eigenvalue weighted by Gasteiger charge is 2.27. The lowest BCUT2D eigenvalue weighted by Crippen LogP contribution is -2.36. The van der Waals surface area contributed by atoms with Crippen molar-refractivity contribution < 1.29 is 14.3 Å². The van der Waals surface area contributed by atoms with Crippen LogP contribution in [0.15, 0.2) is 54.6 Å². The zero-order chi connectivity index (χ0) is 19.8. The van der Waals surface area contributed by atoms with Crippen LogP contribution in [0.3, 0.4) is 0 Å². The van der Waals surface area contributed by atoms with E-state index in [1.165, 1.54) is 4.90 Å². The topological polar surface area (TPSA) is 70.4 Å². The second-order valence-electron chi connectivity index (χ2n) is 6.35. The standard InChI is InChI=1S/C21H21ClN2O3/c1-15(2)20(16-8-10-17(22)11-9-16)21(26)27-14-19(25)24(13-12-23)18-6-4-3-5-7-18/h3-11,15,20H,13-14H2,1-2H3/t20-/m1/s1. The smallest absolute Gasteiger partial charge is 0.314 e. The van der Waals surface area contributed by atoms with E-state index in [1.54, 1.807) is 48.5 Å². The van der Waals surface area contributed by atoms with E-state index >= 15 is 0 Å². The van der Waals surface area contributed by atoms with Crippen LogP contribution in [0.1, 0.15) is 25.3 Å². The first kappa shape index (κ1) is 20.5. The van der Waals surface area contributed by atoms with Gasteiger partial charge in [-0.05, 0) is 35.7 Å². The van der Waals surface area contributed by atoms with Crippen molar-refractivity contribution in [2.24, 2.45) is 5.92 Å².